The molecule has 0 fully saturated rings. The Kier molecular flexibility index (Phi) is 8.77. The van der Waals surface area contributed by atoms with Crippen molar-refractivity contribution >= 4 is 45.2 Å². The van der Waals surface area contributed by atoms with Crippen LogP contribution in [0.25, 0.3) is 27.6 Å². The predicted octanol–water partition coefficient (Wildman–Crippen LogP) is 13.1. The third-order valence-corrected chi connectivity index (χ3v) is 12.8. The van der Waals surface area contributed by atoms with Gasteiger partial charge in [0.1, 0.15) is 12.0 Å². The molecule has 0 saturated heterocycles. The van der Waals surface area contributed by atoms with Crippen molar-refractivity contribution in [3.8, 4) is 11.1 Å². The number of fused-ring (bicyclic) bond motifs is 6. The van der Waals surface area contributed by atoms with Gasteiger partial charge in [-0.15, -0.1) is 0 Å². The Balaban J connectivity index is 0.955. The molecule has 62 heavy (non-hydrogen) atoms. The average Bonchev–Trinajstić information content (AvgIpc) is 3.63. The van der Waals surface area contributed by atoms with Crippen molar-refractivity contribution in [2.24, 2.45) is 15.9 Å². The molecular weight excluding hydrogens is 755 g/mol. The van der Waals surface area contributed by atoms with Gasteiger partial charge in [0.05, 0.1) is 17.4 Å². The van der Waals surface area contributed by atoms with Crippen LogP contribution in [-0.2, 0) is 0 Å². The lowest BCUT2D eigenvalue weighted by molar-refractivity contribution is 0.674. The van der Waals surface area contributed by atoms with Crippen LogP contribution in [0.2, 0.25) is 0 Å². The Morgan fingerprint density at radius 2 is 1.27 bits per heavy atom. The highest BCUT2D eigenvalue weighted by atomic mass is 15.2. The first-order chi connectivity index (χ1) is 30.7. The number of allylic oxidation sites excluding steroid dienone is 5. The monoisotopic (exact) mass is 797 g/mol. The molecule has 0 spiro atoms. The van der Waals surface area contributed by atoms with E-state index in [4.69, 9.17) is 9.98 Å². The fourth-order valence-corrected chi connectivity index (χ4v) is 9.98. The number of aliphatic imine (C=N–C) groups is 2. The van der Waals surface area contributed by atoms with Gasteiger partial charge in [-0.3, -0.25) is 0 Å². The minimum absolute atomic E-state index is 0.216. The lowest BCUT2D eigenvalue weighted by Gasteiger charge is -2.35. The lowest BCUT2D eigenvalue weighted by atomic mass is 9.82. The summed E-state index contributed by atoms with van der Waals surface area (Å²) in [4.78, 5) is 15.4. The van der Waals surface area contributed by atoms with Crippen molar-refractivity contribution in [3.63, 3.8) is 0 Å². The van der Waals surface area contributed by atoms with Crippen molar-refractivity contribution in [3.05, 3.63) is 251 Å². The van der Waals surface area contributed by atoms with E-state index in [9.17, 15) is 0 Å². The topological polar surface area (TPSA) is 43.2 Å². The van der Waals surface area contributed by atoms with Crippen LogP contribution in [0.1, 0.15) is 41.3 Å². The number of hydrogen-bond acceptors (Lipinski definition) is 5. The molecule has 0 aromatic heterocycles. The van der Waals surface area contributed by atoms with Crippen LogP contribution in [0.15, 0.2) is 239 Å². The molecule has 3 atom stereocenters. The summed E-state index contributed by atoms with van der Waals surface area (Å²) >= 11 is 0. The number of rotatable bonds is 6. The first-order valence-electron chi connectivity index (χ1n) is 21.7. The highest BCUT2D eigenvalue weighted by Gasteiger charge is 2.45. The summed E-state index contributed by atoms with van der Waals surface area (Å²) < 4.78 is 0. The summed E-state index contributed by atoms with van der Waals surface area (Å²) in [5.74, 6) is 1.79. The number of nitrogens with one attached hydrogen (secondary N) is 1. The Bertz CT molecular complexity index is 3120. The second-order valence-corrected chi connectivity index (χ2v) is 16.5. The summed E-state index contributed by atoms with van der Waals surface area (Å²) in [6, 6.07) is 63.3. The molecule has 0 saturated carbocycles. The van der Waals surface area contributed by atoms with E-state index >= 15 is 0 Å². The number of hydrogen-bond donors (Lipinski definition) is 1. The van der Waals surface area contributed by atoms with Crippen LogP contribution in [0.4, 0.5) is 17.1 Å². The van der Waals surface area contributed by atoms with Gasteiger partial charge < -0.3 is 15.1 Å². The molecule has 7 aromatic rings. The van der Waals surface area contributed by atoms with E-state index in [2.05, 4.69) is 203 Å². The van der Waals surface area contributed by atoms with Gasteiger partial charge >= 0.3 is 0 Å². The Labute approximate surface area is 362 Å². The van der Waals surface area contributed by atoms with E-state index in [1.165, 1.54) is 44.9 Å². The molecule has 7 aromatic carbocycles. The fraction of sp³-hybridized carbons (Fsp3) is 0.0877. The normalized spacial score (nSPS) is 19.9. The van der Waals surface area contributed by atoms with E-state index in [1.54, 1.807) is 0 Å². The minimum atomic E-state index is -0.252. The van der Waals surface area contributed by atoms with E-state index in [0.29, 0.717) is 5.84 Å². The van der Waals surface area contributed by atoms with Crippen LogP contribution in [0.3, 0.4) is 0 Å². The molecule has 3 unspecified atom stereocenters. The predicted molar refractivity (Wildman–Crippen MR) is 257 cm³/mol. The maximum Gasteiger partial charge on any atom is 0.159 e. The summed E-state index contributed by atoms with van der Waals surface area (Å²) in [6.45, 7) is 0. The molecule has 2 aliphatic carbocycles. The maximum atomic E-state index is 5.16. The van der Waals surface area contributed by atoms with Crippen LogP contribution < -0.4 is 15.1 Å². The van der Waals surface area contributed by atoms with Gasteiger partial charge in [-0.05, 0) is 100.0 Å². The Morgan fingerprint density at radius 3 is 2.13 bits per heavy atom. The summed E-state index contributed by atoms with van der Waals surface area (Å²) in [5, 5.41) is 5.90. The van der Waals surface area contributed by atoms with E-state index in [0.717, 1.165) is 57.6 Å². The first kappa shape index (κ1) is 36.1. The third-order valence-electron chi connectivity index (χ3n) is 12.8. The molecule has 0 radical (unpaired) electrons. The van der Waals surface area contributed by atoms with Crippen molar-refractivity contribution in [1.29, 1.82) is 0 Å². The molecule has 5 aliphatic rings. The largest absolute Gasteiger partial charge is 0.344 e. The van der Waals surface area contributed by atoms with Gasteiger partial charge in [0.15, 0.2) is 5.84 Å². The van der Waals surface area contributed by atoms with E-state index in [-0.39, 0.29) is 18.1 Å². The second-order valence-electron chi connectivity index (χ2n) is 16.5. The van der Waals surface area contributed by atoms with Gasteiger partial charge in [0, 0.05) is 39.7 Å². The van der Waals surface area contributed by atoms with E-state index < -0.39 is 0 Å². The Morgan fingerprint density at radius 1 is 0.581 bits per heavy atom. The number of para-hydroxylation sites is 2. The first-order valence-corrected chi connectivity index (χ1v) is 21.7. The zero-order chi connectivity index (χ0) is 41.0. The van der Waals surface area contributed by atoms with Gasteiger partial charge in [-0.1, -0.05) is 164 Å². The van der Waals surface area contributed by atoms with Crippen molar-refractivity contribution in [2.75, 3.05) is 9.80 Å². The smallest absolute Gasteiger partial charge is 0.159 e. The molecule has 0 amide bonds. The molecule has 5 heteroatoms. The highest BCUT2D eigenvalue weighted by molar-refractivity contribution is 6.14. The van der Waals surface area contributed by atoms with Gasteiger partial charge in [-0.25, -0.2) is 9.98 Å². The second kappa shape index (κ2) is 15.1. The summed E-state index contributed by atoms with van der Waals surface area (Å²) in [5.41, 5.74) is 15.7. The number of anilines is 3. The van der Waals surface area contributed by atoms with Crippen LogP contribution >= 0.6 is 0 Å². The highest BCUT2D eigenvalue weighted by Crippen LogP contribution is 2.55. The molecule has 3 heterocycles. The Hall–Kier alpha value is -7.76. The summed E-state index contributed by atoms with van der Waals surface area (Å²) in [6.07, 6.45) is 15.8. The number of amidine groups is 2. The van der Waals surface area contributed by atoms with Crippen molar-refractivity contribution in [1.82, 2.24) is 5.32 Å². The van der Waals surface area contributed by atoms with Gasteiger partial charge in [0.25, 0.3) is 0 Å². The number of nitrogens with zero attached hydrogens (tertiary/aromatic N) is 4. The lowest BCUT2D eigenvalue weighted by Crippen LogP contribution is -2.33. The van der Waals surface area contributed by atoms with Gasteiger partial charge in [0.2, 0.25) is 0 Å². The zero-order valence-electron chi connectivity index (χ0n) is 34.1. The molecule has 3 aliphatic heterocycles. The van der Waals surface area contributed by atoms with Crippen LogP contribution in [-0.4, -0.2) is 17.7 Å². The quantitative estimate of drug-likeness (QED) is 0.182. The van der Waals surface area contributed by atoms with Crippen molar-refractivity contribution < 1.29 is 0 Å². The van der Waals surface area contributed by atoms with Crippen LogP contribution in [0.5, 0.6) is 0 Å². The number of benzene rings is 7. The van der Waals surface area contributed by atoms with Gasteiger partial charge in [-0.2, -0.15) is 0 Å². The summed E-state index contributed by atoms with van der Waals surface area (Å²) in [7, 11) is 0. The molecule has 0 bridgehead atoms. The zero-order valence-corrected chi connectivity index (χ0v) is 34.1. The molecule has 296 valence electrons. The average molecular weight is 798 g/mol. The SMILES string of the molecule is C1=CC2C3=C(c4ccccc4N(c4cccc(-c5ccc6ccc(C7=NC(c8ccccc8)NC(c8ccccc8)=N7)cc6c5)c4)C4=C3CCC=C4)N(c3ccccc3)C2C=C1. The maximum absolute atomic E-state index is 5.16. The third kappa shape index (κ3) is 6.16. The van der Waals surface area contributed by atoms with Crippen LogP contribution in [0, 0.1) is 5.92 Å². The molecule has 1 N–H and O–H groups in total. The fourth-order valence-electron chi connectivity index (χ4n) is 9.98. The molecule has 12 rings (SSSR count). The van der Waals surface area contributed by atoms with Crippen molar-refractivity contribution in [2.45, 2.75) is 25.0 Å². The molecule has 5 nitrogen and oxygen atoms in total. The van der Waals surface area contributed by atoms with E-state index in [1.807, 2.05) is 24.3 Å². The standard InChI is InChI=1S/C57H43N5/c1-4-17-39(18-5-1)55-58-56(40-19-6-2-7-20-40)60-57(59-55)43-34-32-38-31-33-42(35-44(38)36-43)41-21-16-24-46(37-41)61-50-28-13-10-25-47(50)53-48-26-11-14-29-51(48)62(45-22-8-3-9-23-45)54(53)49-27-12-15-30-52(49)61/h1-9,11-24,26-37,48,51,55H,10,25H2,(H,58,59,60). The molecular formula is C57H43N5. The minimum Gasteiger partial charge on any atom is -0.344 e.